The highest BCUT2D eigenvalue weighted by Crippen LogP contribution is 2.50. The van der Waals surface area contributed by atoms with E-state index in [4.69, 9.17) is 5.73 Å². The van der Waals surface area contributed by atoms with Crippen molar-refractivity contribution in [1.82, 2.24) is 4.90 Å². The molecule has 2 aromatic rings. The highest BCUT2D eigenvalue weighted by molar-refractivity contribution is 9.11. The zero-order valence-electron chi connectivity index (χ0n) is 17.9. The number of nitrogens with two attached hydrogens (primary N) is 1. The molecule has 1 heterocycles. The lowest BCUT2D eigenvalue weighted by atomic mass is 10.1. The molecule has 0 fully saturated rings. The van der Waals surface area contributed by atoms with E-state index in [1.165, 1.54) is 47.1 Å². The summed E-state index contributed by atoms with van der Waals surface area (Å²) >= 11 is 4.08. The highest BCUT2D eigenvalue weighted by Gasteiger charge is 2.52. The average Bonchev–Trinajstić information content (AvgIpc) is 2.99. The summed E-state index contributed by atoms with van der Waals surface area (Å²) in [7, 11) is 0. The Bertz CT molecular complexity index is 790. The van der Waals surface area contributed by atoms with Crippen molar-refractivity contribution in [3.05, 3.63) is 82.1 Å². The first-order chi connectivity index (χ1) is 14.2. The van der Waals surface area contributed by atoms with Crippen molar-refractivity contribution in [2.75, 3.05) is 19.6 Å². The molecule has 3 nitrogen and oxygen atoms in total. The molecular weight excluding hydrogens is 422 g/mol. The zero-order valence-corrected chi connectivity index (χ0v) is 19.4. The van der Waals surface area contributed by atoms with Crippen molar-refractivity contribution >= 4 is 15.9 Å². The predicted molar refractivity (Wildman–Crippen MR) is 126 cm³/mol. The van der Waals surface area contributed by atoms with E-state index in [9.17, 15) is 0 Å². The quantitative estimate of drug-likeness (QED) is 0.343. The van der Waals surface area contributed by atoms with Crippen LogP contribution in [-0.4, -0.2) is 29.0 Å². The molecule has 3 rings (SSSR count). The van der Waals surface area contributed by atoms with Gasteiger partial charge in [-0.25, -0.2) is 0 Å². The molecular formula is C25H35BrN3+. The SMILES string of the molecule is CCCCN1C(CN)=C(Br)[N+](CCCC)(Cc2ccccc2)C1c1ccccc1. The maximum absolute atomic E-state index is 6.33. The molecule has 0 amide bonds. The summed E-state index contributed by atoms with van der Waals surface area (Å²) in [5.41, 5.74) is 10.3. The Hall–Kier alpha value is -1.62. The van der Waals surface area contributed by atoms with Gasteiger partial charge in [-0.05, 0) is 12.8 Å². The summed E-state index contributed by atoms with van der Waals surface area (Å²) < 4.78 is 2.15. The number of benzene rings is 2. The lowest BCUT2D eigenvalue weighted by Gasteiger charge is -2.43. The lowest BCUT2D eigenvalue weighted by molar-refractivity contribution is -0.930. The van der Waals surface area contributed by atoms with E-state index < -0.39 is 0 Å². The van der Waals surface area contributed by atoms with Gasteiger partial charge in [0, 0.05) is 40.1 Å². The number of unbranched alkanes of at least 4 members (excludes halogenated alkanes) is 2. The monoisotopic (exact) mass is 456 g/mol. The molecule has 29 heavy (non-hydrogen) atoms. The topological polar surface area (TPSA) is 29.3 Å². The van der Waals surface area contributed by atoms with Crippen LogP contribution >= 0.6 is 15.9 Å². The number of hydrogen-bond acceptors (Lipinski definition) is 2. The van der Waals surface area contributed by atoms with Crippen LogP contribution in [0.15, 0.2) is 71.0 Å². The van der Waals surface area contributed by atoms with Crippen molar-refractivity contribution in [3.8, 4) is 0 Å². The van der Waals surface area contributed by atoms with Gasteiger partial charge in [0.15, 0.2) is 10.8 Å². The van der Waals surface area contributed by atoms with Gasteiger partial charge in [0.1, 0.15) is 12.2 Å². The Morgan fingerprint density at radius 2 is 1.55 bits per heavy atom. The van der Waals surface area contributed by atoms with Crippen LogP contribution in [0.3, 0.4) is 0 Å². The Morgan fingerprint density at radius 3 is 2.14 bits per heavy atom. The van der Waals surface area contributed by atoms with E-state index in [1.54, 1.807) is 0 Å². The highest BCUT2D eigenvalue weighted by atomic mass is 79.9. The first-order valence-corrected chi connectivity index (χ1v) is 11.8. The third kappa shape index (κ3) is 4.60. The fourth-order valence-corrected chi connectivity index (χ4v) is 5.47. The molecule has 0 spiro atoms. The van der Waals surface area contributed by atoms with Crippen molar-refractivity contribution in [1.29, 1.82) is 0 Å². The molecule has 2 atom stereocenters. The summed E-state index contributed by atoms with van der Waals surface area (Å²) in [4.78, 5) is 2.58. The average molecular weight is 457 g/mol. The normalized spacial score (nSPS) is 21.8. The first kappa shape index (κ1) is 22.1. The van der Waals surface area contributed by atoms with Crippen molar-refractivity contribution in [3.63, 3.8) is 0 Å². The number of rotatable bonds is 10. The summed E-state index contributed by atoms with van der Waals surface area (Å²) in [6.45, 7) is 8.21. The van der Waals surface area contributed by atoms with Crippen molar-refractivity contribution in [2.24, 2.45) is 5.73 Å². The maximum Gasteiger partial charge on any atom is 0.198 e. The minimum Gasteiger partial charge on any atom is -0.325 e. The molecule has 156 valence electrons. The van der Waals surface area contributed by atoms with Crippen LogP contribution in [0.4, 0.5) is 0 Å². The summed E-state index contributed by atoms with van der Waals surface area (Å²) in [6, 6.07) is 21.9. The van der Waals surface area contributed by atoms with Gasteiger partial charge in [0.05, 0.1) is 6.54 Å². The van der Waals surface area contributed by atoms with Crippen LogP contribution in [0.1, 0.15) is 56.8 Å². The Balaban J connectivity index is 2.15. The van der Waals surface area contributed by atoms with E-state index in [-0.39, 0.29) is 6.17 Å². The molecule has 0 bridgehead atoms. The molecule has 0 saturated heterocycles. The van der Waals surface area contributed by atoms with E-state index in [0.29, 0.717) is 6.54 Å². The van der Waals surface area contributed by atoms with Crippen LogP contribution in [-0.2, 0) is 6.54 Å². The molecule has 4 heteroatoms. The molecule has 2 aromatic carbocycles. The molecule has 0 aliphatic carbocycles. The molecule has 0 radical (unpaired) electrons. The fourth-order valence-electron chi connectivity index (χ4n) is 4.58. The van der Waals surface area contributed by atoms with Gasteiger partial charge in [-0.2, -0.15) is 0 Å². The third-order valence-corrected chi connectivity index (χ3v) is 7.17. The van der Waals surface area contributed by atoms with Crippen LogP contribution in [0.5, 0.6) is 0 Å². The van der Waals surface area contributed by atoms with Crippen molar-refractivity contribution < 1.29 is 4.48 Å². The van der Waals surface area contributed by atoms with Gasteiger partial charge >= 0.3 is 0 Å². The maximum atomic E-state index is 6.33. The van der Waals surface area contributed by atoms with Gasteiger partial charge in [0.25, 0.3) is 0 Å². The minimum atomic E-state index is 0.252. The van der Waals surface area contributed by atoms with Gasteiger partial charge in [0.2, 0.25) is 0 Å². The Labute approximate surface area is 184 Å². The van der Waals surface area contributed by atoms with E-state index >= 15 is 0 Å². The zero-order chi connectivity index (χ0) is 20.7. The van der Waals surface area contributed by atoms with E-state index in [0.717, 1.165) is 24.1 Å². The second-order valence-electron chi connectivity index (χ2n) is 8.03. The van der Waals surface area contributed by atoms with Gasteiger partial charge in [-0.15, -0.1) is 0 Å². The van der Waals surface area contributed by atoms with E-state index in [1.807, 2.05) is 0 Å². The smallest absolute Gasteiger partial charge is 0.198 e. The van der Waals surface area contributed by atoms with Crippen LogP contribution < -0.4 is 5.73 Å². The standard InChI is InChI=1S/C25H35BrN3/c1-3-5-17-28-23(19-27)24(26)29(18-6-4-2,20-21-13-9-7-10-14-21)25(28)22-15-11-8-12-16-22/h7-16,25H,3-6,17-20,27H2,1-2H3/q+1. The summed E-state index contributed by atoms with van der Waals surface area (Å²) in [6.07, 6.45) is 4.98. The number of quaternary nitrogens is 1. The molecule has 1 aliphatic heterocycles. The molecule has 1 aliphatic rings. The largest absolute Gasteiger partial charge is 0.325 e. The molecule has 2 N–H and O–H groups in total. The van der Waals surface area contributed by atoms with Crippen molar-refractivity contribution in [2.45, 2.75) is 52.2 Å². The molecule has 2 unspecified atom stereocenters. The number of nitrogens with zero attached hydrogens (tertiary/aromatic N) is 2. The molecule has 0 saturated carbocycles. The van der Waals surface area contributed by atoms with Crippen LogP contribution in [0.25, 0.3) is 0 Å². The minimum absolute atomic E-state index is 0.252. The van der Waals surface area contributed by atoms with E-state index in [2.05, 4.69) is 95.3 Å². The number of halogens is 1. The Morgan fingerprint density at radius 1 is 0.931 bits per heavy atom. The second-order valence-corrected chi connectivity index (χ2v) is 8.78. The lowest BCUT2D eigenvalue weighted by Crippen LogP contribution is -2.49. The predicted octanol–water partition coefficient (Wildman–Crippen LogP) is 6.14. The summed E-state index contributed by atoms with van der Waals surface area (Å²) in [5, 5.41) is 0. The third-order valence-electron chi connectivity index (χ3n) is 6.00. The molecule has 0 aromatic heterocycles. The second kappa shape index (κ2) is 10.4. The summed E-state index contributed by atoms with van der Waals surface area (Å²) in [5.74, 6) is 0. The number of hydrogen-bond donors (Lipinski definition) is 1. The first-order valence-electron chi connectivity index (χ1n) is 11.0. The van der Waals surface area contributed by atoms with Gasteiger partial charge in [-0.3, -0.25) is 4.48 Å². The Kier molecular flexibility index (Phi) is 7.93. The van der Waals surface area contributed by atoms with Gasteiger partial charge in [-0.1, -0.05) is 87.4 Å². The van der Waals surface area contributed by atoms with Crippen LogP contribution in [0, 0.1) is 0 Å². The van der Waals surface area contributed by atoms with Gasteiger partial charge < -0.3 is 10.6 Å². The fraction of sp³-hybridized carbons (Fsp3) is 0.440. The van der Waals surface area contributed by atoms with Crippen LogP contribution in [0.2, 0.25) is 0 Å².